The van der Waals surface area contributed by atoms with Gasteiger partial charge >= 0.3 is 0 Å². The predicted molar refractivity (Wildman–Crippen MR) is 105 cm³/mol. The van der Waals surface area contributed by atoms with Crippen molar-refractivity contribution in [1.82, 2.24) is 25.1 Å². The molecule has 1 fully saturated rings. The molecule has 4 rings (SSSR count). The zero-order chi connectivity index (χ0) is 21.1. The van der Waals surface area contributed by atoms with Crippen molar-refractivity contribution in [3.63, 3.8) is 0 Å². The number of methoxy groups -OCH3 is 1. The number of halogens is 2. The second kappa shape index (κ2) is 8.56. The summed E-state index contributed by atoms with van der Waals surface area (Å²) in [6, 6.07) is 3.88. The second-order valence-corrected chi connectivity index (χ2v) is 7.25. The topological polar surface area (TPSA) is 81.9 Å². The molecule has 9 heteroatoms. The van der Waals surface area contributed by atoms with Gasteiger partial charge in [0.25, 0.3) is 5.91 Å². The summed E-state index contributed by atoms with van der Waals surface area (Å²) < 4.78 is 35.0. The van der Waals surface area contributed by atoms with Crippen LogP contribution in [0.3, 0.4) is 0 Å². The molecule has 2 aromatic heterocycles. The summed E-state index contributed by atoms with van der Waals surface area (Å²) in [5.41, 5.74) is 1.14. The van der Waals surface area contributed by atoms with E-state index in [9.17, 15) is 13.6 Å². The summed E-state index contributed by atoms with van der Waals surface area (Å²) >= 11 is 0. The number of rotatable bonds is 5. The molecule has 0 radical (unpaired) electrons. The first kappa shape index (κ1) is 19.9. The van der Waals surface area contributed by atoms with Gasteiger partial charge in [0, 0.05) is 36.1 Å². The SMILES string of the molecule is COc1cc(F)c(C(=O)NC2CCC(n3cc(-c4ccncn4)cn3)CC2)c(F)c1. The Bertz CT molecular complexity index is 1010. The molecule has 0 bridgehead atoms. The fourth-order valence-corrected chi connectivity index (χ4v) is 3.76. The van der Waals surface area contributed by atoms with Gasteiger partial charge in [-0.1, -0.05) is 0 Å². The van der Waals surface area contributed by atoms with Crippen LogP contribution in [0.4, 0.5) is 8.78 Å². The maximum atomic E-state index is 14.1. The number of amides is 1. The molecule has 3 aromatic rings. The summed E-state index contributed by atoms with van der Waals surface area (Å²) in [5.74, 6) is -2.59. The number of hydrogen-bond donors (Lipinski definition) is 1. The predicted octanol–water partition coefficient (Wildman–Crippen LogP) is 3.54. The third kappa shape index (κ3) is 4.14. The van der Waals surface area contributed by atoms with Gasteiger partial charge in [-0.3, -0.25) is 9.48 Å². The van der Waals surface area contributed by atoms with Crippen LogP contribution in [-0.4, -0.2) is 38.8 Å². The standard InChI is InChI=1S/C21H21F2N5O2/c1-30-16-8-17(22)20(18(23)9-16)21(29)27-14-2-4-15(5-3-14)28-11-13(10-26-28)19-6-7-24-12-25-19/h6-12,14-15H,2-5H2,1H3,(H,27,29). The van der Waals surface area contributed by atoms with Crippen molar-refractivity contribution in [1.29, 1.82) is 0 Å². The Labute approximate surface area is 172 Å². The van der Waals surface area contributed by atoms with Crippen LogP contribution in [0.5, 0.6) is 5.75 Å². The number of benzene rings is 1. The van der Waals surface area contributed by atoms with Gasteiger partial charge in [-0.15, -0.1) is 0 Å². The molecule has 2 heterocycles. The minimum Gasteiger partial charge on any atom is -0.497 e. The molecule has 0 saturated heterocycles. The first-order valence-corrected chi connectivity index (χ1v) is 9.69. The van der Waals surface area contributed by atoms with Gasteiger partial charge in [-0.05, 0) is 31.7 Å². The van der Waals surface area contributed by atoms with Gasteiger partial charge in [-0.25, -0.2) is 18.7 Å². The number of hydrogen-bond acceptors (Lipinski definition) is 5. The lowest BCUT2D eigenvalue weighted by Crippen LogP contribution is -2.38. The summed E-state index contributed by atoms with van der Waals surface area (Å²) in [7, 11) is 1.31. The molecule has 0 atom stereocenters. The van der Waals surface area contributed by atoms with Crippen LogP contribution in [0, 0.1) is 11.6 Å². The fourth-order valence-electron chi connectivity index (χ4n) is 3.76. The van der Waals surface area contributed by atoms with E-state index in [1.165, 1.54) is 13.4 Å². The molecule has 0 spiro atoms. The number of nitrogens with zero attached hydrogens (tertiary/aromatic N) is 4. The molecular formula is C21H21F2N5O2. The molecule has 7 nitrogen and oxygen atoms in total. The van der Waals surface area contributed by atoms with E-state index in [2.05, 4.69) is 20.4 Å². The Morgan fingerprint density at radius 2 is 1.93 bits per heavy atom. The molecule has 0 unspecified atom stereocenters. The zero-order valence-electron chi connectivity index (χ0n) is 16.4. The van der Waals surface area contributed by atoms with E-state index in [1.807, 2.05) is 16.9 Å². The van der Waals surface area contributed by atoms with Crippen molar-refractivity contribution in [2.24, 2.45) is 0 Å². The Morgan fingerprint density at radius 3 is 2.57 bits per heavy atom. The lowest BCUT2D eigenvalue weighted by molar-refractivity contribution is 0.0913. The summed E-state index contributed by atoms with van der Waals surface area (Å²) in [6.45, 7) is 0. The van der Waals surface area contributed by atoms with E-state index in [-0.39, 0.29) is 17.8 Å². The van der Waals surface area contributed by atoms with Crippen LogP contribution in [-0.2, 0) is 0 Å². The maximum Gasteiger partial charge on any atom is 0.257 e. The third-order valence-corrected chi connectivity index (χ3v) is 5.36. The van der Waals surface area contributed by atoms with Crippen molar-refractivity contribution >= 4 is 5.91 Å². The van der Waals surface area contributed by atoms with Gasteiger partial charge in [0.2, 0.25) is 0 Å². The zero-order valence-corrected chi connectivity index (χ0v) is 16.4. The van der Waals surface area contributed by atoms with Crippen molar-refractivity contribution in [2.45, 2.75) is 37.8 Å². The number of ether oxygens (including phenoxy) is 1. The van der Waals surface area contributed by atoms with E-state index >= 15 is 0 Å². The number of aromatic nitrogens is 4. The minimum absolute atomic E-state index is 0.0302. The van der Waals surface area contributed by atoms with Gasteiger partial charge in [0.15, 0.2) is 0 Å². The average Bonchev–Trinajstić information content (AvgIpc) is 3.24. The highest BCUT2D eigenvalue weighted by molar-refractivity contribution is 5.95. The van der Waals surface area contributed by atoms with Crippen LogP contribution in [0.25, 0.3) is 11.3 Å². The molecule has 1 saturated carbocycles. The van der Waals surface area contributed by atoms with Gasteiger partial charge in [-0.2, -0.15) is 5.10 Å². The van der Waals surface area contributed by atoms with Gasteiger partial charge < -0.3 is 10.1 Å². The fraction of sp³-hybridized carbons (Fsp3) is 0.333. The quantitative estimate of drug-likeness (QED) is 0.692. The first-order chi connectivity index (χ1) is 14.5. The van der Waals surface area contributed by atoms with Crippen molar-refractivity contribution in [2.75, 3.05) is 7.11 Å². The largest absolute Gasteiger partial charge is 0.497 e. The lowest BCUT2D eigenvalue weighted by atomic mass is 9.91. The van der Waals surface area contributed by atoms with Gasteiger partial charge in [0.1, 0.15) is 29.3 Å². The normalized spacial score (nSPS) is 18.8. The van der Waals surface area contributed by atoms with Crippen LogP contribution < -0.4 is 10.1 Å². The van der Waals surface area contributed by atoms with Crippen LogP contribution in [0.15, 0.2) is 43.1 Å². The molecule has 156 valence electrons. The summed E-state index contributed by atoms with van der Waals surface area (Å²) in [4.78, 5) is 20.5. The van der Waals surface area contributed by atoms with Crippen LogP contribution in [0.2, 0.25) is 0 Å². The number of carbonyl (C=O) groups excluding carboxylic acids is 1. The Hall–Kier alpha value is -3.36. The molecule has 1 aliphatic carbocycles. The highest BCUT2D eigenvalue weighted by atomic mass is 19.1. The molecule has 30 heavy (non-hydrogen) atoms. The first-order valence-electron chi connectivity index (χ1n) is 9.69. The van der Waals surface area contributed by atoms with Crippen molar-refractivity contribution < 1.29 is 18.3 Å². The van der Waals surface area contributed by atoms with E-state index in [1.54, 1.807) is 12.4 Å². The maximum absolute atomic E-state index is 14.1. The Morgan fingerprint density at radius 1 is 1.20 bits per heavy atom. The van der Waals surface area contributed by atoms with E-state index in [0.29, 0.717) is 12.8 Å². The van der Waals surface area contributed by atoms with E-state index in [4.69, 9.17) is 4.74 Å². The summed E-state index contributed by atoms with van der Waals surface area (Å²) in [5, 5.41) is 7.20. The van der Waals surface area contributed by atoms with Crippen LogP contribution >= 0.6 is 0 Å². The smallest absolute Gasteiger partial charge is 0.257 e. The molecule has 1 aromatic carbocycles. The molecule has 1 N–H and O–H groups in total. The lowest BCUT2D eigenvalue weighted by Gasteiger charge is -2.29. The highest BCUT2D eigenvalue weighted by Crippen LogP contribution is 2.30. The number of carbonyl (C=O) groups is 1. The molecule has 1 amide bonds. The molecule has 0 aliphatic heterocycles. The van der Waals surface area contributed by atoms with E-state index in [0.717, 1.165) is 36.2 Å². The Balaban J connectivity index is 1.36. The monoisotopic (exact) mass is 413 g/mol. The second-order valence-electron chi connectivity index (χ2n) is 7.25. The number of nitrogens with one attached hydrogen (secondary N) is 1. The third-order valence-electron chi connectivity index (χ3n) is 5.36. The average molecular weight is 413 g/mol. The molecular weight excluding hydrogens is 392 g/mol. The van der Waals surface area contributed by atoms with E-state index < -0.39 is 23.1 Å². The Kier molecular flexibility index (Phi) is 5.69. The van der Waals surface area contributed by atoms with Crippen molar-refractivity contribution in [3.05, 3.63) is 60.3 Å². The van der Waals surface area contributed by atoms with Crippen LogP contribution in [0.1, 0.15) is 42.1 Å². The van der Waals surface area contributed by atoms with Crippen molar-refractivity contribution in [3.8, 4) is 17.0 Å². The van der Waals surface area contributed by atoms with Gasteiger partial charge in [0.05, 0.1) is 25.0 Å². The minimum atomic E-state index is -0.938. The highest BCUT2D eigenvalue weighted by Gasteiger charge is 2.27. The summed E-state index contributed by atoms with van der Waals surface area (Å²) in [6.07, 6.45) is 9.88. The molecule has 1 aliphatic rings.